The van der Waals surface area contributed by atoms with Crippen LogP contribution >= 0.6 is 33.9 Å². The molecule has 1 fully saturated rings. The number of alkyl halides is 1. The lowest BCUT2D eigenvalue weighted by molar-refractivity contribution is -0.154. The van der Waals surface area contributed by atoms with E-state index >= 15 is 0 Å². The second kappa shape index (κ2) is 18.1. The summed E-state index contributed by atoms with van der Waals surface area (Å²) >= 11 is 3.37. The van der Waals surface area contributed by atoms with Gasteiger partial charge in [-0.3, -0.25) is 18.7 Å². The Balaban J connectivity index is 1.05. The molecule has 3 heterocycles. The number of nitrogens with zero attached hydrogens (tertiary/aromatic N) is 3. The molecule has 1 saturated heterocycles. The summed E-state index contributed by atoms with van der Waals surface area (Å²) in [6.07, 6.45) is -0.760. The molecule has 6 aromatic rings. The maximum absolute atomic E-state index is 14.1. The van der Waals surface area contributed by atoms with Crippen molar-refractivity contribution in [3.63, 3.8) is 0 Å². The topological polar surface area (TPSA) is 139 Å². The first-order chi connectivity index (χ1) is 29.3. The highest BCUT2D eigenvalue weighted by Crippen LogP contribution is 2.41. The number of thiazole rings is 1. The third-order valence-electron chi connectivity index (χ3n) is 10.3. The number of aromatic nitrogens is 1. The number of esters is 1. The highest BCUT2D eigenvalue weighted by atomic mass is 127. The lowest BCUT2D eigenvalue weighted by Crippen LogP contribution is -2.74. The fourth-order valence-electron chi connectivity index (χ4n) is 7.58. The van der Waals surface area contributed by atoms with Gasteiger partial charge in [-0.05, 0) is 33.4 Å². The Morgan fingerprint density at radius 3 is 1.83 bits per heavy atom. The number of hydrogen-bond acceptors (Lipinski definition) is 10. The monoisotopic (exact) mass is 947 g/mol. The summed E-state index contributed by atoms with van der Waals surface area (Å²) in [5.41, 5.74) is 4.11. The second-order valence-electron chi connectivity index (χ2n) is 13.9. The number of nitrogens with one attached hydrogen (secondary N) is 2. The molecule has 8 rings (SSSR count). The van der Waals surface area contributed by atoms with Crippen LogP contribution < -0.4 is 10.6 Å². The van der Waals surface area contributed by atoms with Crippen LogP contribution in [0.5, 0.6) is 0 Å². The molecule has 0 bridgehead atoms. The zero-order chi connectivity index (χ0) is 41.6. The van der Waals surface area contributed by atoms with Crippen molar-refractivity contribution in [2.75, 3.05) is 22.6 Å². The molecule has 3 atom stereocenters. The van der Waals surface area contributed by atoms with Crippen LogP contribution in [0.3, 0.4) is 0 Å². The first-order valence-electron chi connectivity index (χ1n) is 19.0. The standard InChI is InChI=1S/C46H38IN5O6S2/c1-57-51-37(36-28-59-45(48-36)50-46(33-21-11-4-12-22-33,34-23-13-5-14-24-34)35-25-15-6-16-26-35)41(53)49-38-42(54)52-39(32(27-47)29-60(56)43(38)52)44(55)58-40(30-17-7-2-8-18-30)31-19-9-3-10-20-31/h2-26,28,38,40,43H,27,29H2,1H3,(H,48,50)(H,49,53)/t38?,43-,60?/m1/s1. The number of amides is 2. The second-order valence-corrected chi connectivity index (χ2v) is 17.1. The van der Waals surface area contributed by atoms with Crippen molar-refractivity contribution in [2.24, 2.45) is 5.16 Å². The Hall–Kier alpha value is -5.97. The molecule has 14 heteroatoms. The Bertz CT molecular complexity index is 2440. The third kappa shape index (κ3) is 7.89. The van der Waals surface area contributed by atoms with Crippen molar-refractivity contribution < 1.29 is 28.2 Å². The number of benzene rings is 5. The molecule has 302 valence electrons. The van der Waals surface area contributed by atoms with Gasteiger partial charge in [-0.2, -0.15) is 0 Å². The molecule has 2 amide bonds. The van der Waals surface area contributed by atoms with Crippen LogP contribution in [0.2, 0.25) is 0 Å². The smallest absolute Gasteiger partial charge is 0.356 e. The van der Waals surface area contributed by atoms with Gasteiger partial charge in [0.1, 0.15) is 35.5 Å². The number of rotatable bonds is 14. The fourth-order valence-corrected chi connectivity index (χ4v) is 11.0. The number of halogens is 1. The van der Waals surface area contributed by atoms with Gasteiger partial charge < -0.3 is 20.2 Å². The molecule has 60 heavy (non-hydrogen) atoms. The summed E-state index contributed by atoms with van der Waals surface area (Å²) in [7, 11) is -0.337. The van der Waals surface area contributed by atoms with Crippen molar-refractivity contribution in [3.05, 3.63) is 202 Å². The first kappa shape index (κ1) is 40.8. The lowest BCUT2D eigenvalue weighted by atomic mass is 9.77. The van der Waals surface area contributed by atoms with E-state index in [1.165, 1.54) is 23.3 Å². The van der Waals surface area contributed by atoms with Gasteiger partial charge in [0.05, 0.1) is 16.6 Å². The maximum Gasteiger partial charge on any atom is 0.356 e. The van der Waals surface area contributed by atoms with Crippen LogP contribution in [-0.2, 0) is 40.3 Å². The number of ether oxygens (including phenoxy) is 1. The molecule has 2 aliphatic heterocycles. The highest BCUT2D eigenvalue weighted by molar-refractivity contribution is 14.1. The quantitative estimate of drug-likeness (QED) is 0.0220. The number of oxime groups is 1. The van der Waals surface area contributed by atoms with Gasteiger partial charge in [0.2, 0.25) is 0 Å². The first-order valence-corrected chi connectivity index (χ1v) is 22.7. The number of carbonyl (C=O) groups excluding carboxylic acids is 3. The summed E-state index contributed by atoms with van der Waals surface area (Å²) in [4.78, 5) is 53.4. The van der Waals surface area contributed by atoms with E-state index in [4.69, 9.17) is 14.6 Å². The normalized spacial score (nSPS) is 17.7. The minimum absolute atomic E-state index is 0.0294. The summed E-state index contributed by atoms with van der Waals surface area (Å²) in [5, 5.41) is 11.6. The molecule has 0 radical (unpaired) electrons. The average molecular weight is 948 g/mol. The minimum atomic E-state index is -1.65. The molecule has 2 unspecified atom stereocenters. The van der Waals surface area contributed by atoms with E-state index in [0.717, 1.165) is 27.8 Å². The molecular formula is C46H38IN5O6S2. The summed E-state index contributed by atoms with van der Waals surface area (Å²) in [6.45, 7) is 0. The SMILES string of the molecule is CON=C(C(=O)NC1C(=O)N2C(C(=O)OC(c3ccccc3)c3ccccc3)=C(CI)CS(=O)[C@H]12)c1csc(NC(c2ccccc2)(c2ccccc2)c2ccccc2)n1. The Kier molecular flexibility index (Phi) is 12.3. The lowest BCUT2D eigenvalue weighted by Gasteiger charge is -2.49. The van der Waals surface area contributed by atoms with Crippen molar-refractivity contribution in [2.45, 2.75) is 23.1 Å². The van der Waals surface area contributed by atoms with Gasteiger partial charge >= 0.3 is 5.97 Å². The predicted molar refractivity (Wildman–Crippen MR) is 241 cm³/mol. The Morgan fingerprint density at radius 2 is 1.35 bits per heavy atom. The van der Waals surface area contributed by atoms with Gasteiger partial charge in [-0.25, -0.2) is 9.78 Å². The molecule has 2 aliphatic rings. The van der Waals surface area contributed by atoms with Crippen LogP contribution in [0.4, 0.5) is 5.13 Å². The Morgan fingerprint density at radius 1 is 0.850 bits per heavy atom. The van der Waals surface area contributed by atoms with Crippen LogP contribution in [-0.4, -0.2) is 66.3 Å². The van der Waals surface area contributed by atoms with Crippen LogP contribution in [0.25, 0.3) is 0 Å². The number of fused-ring (bicyclic) bond motifs is 1. The van der Waals surface area contributed by atoms with Crippen molar-refractivity contribution in [1.82, 2.24) is 15.2 Å². The molecule has 0 spiro atoms. The van der Waals surface area contributed by atoms with Crippen molar-refractivity contribution in [3.8, 4) is 0 Å². The molecule has 1 aromatic heterocycles. The average Bonchev–Trinajstić information content (AvgIpc) is 3.77. The summed E-state index contributed by atoms with van der Waals surface area (Å²) in [6, 6.07) is 47.5. The van der Waals surface area contributed by atoms with E-state index in [2.05, 4.69) is 74.8 Å². The van der Waals surface area contributed by atoms with E-state index in [1.807, 2.05) is 115 Å². The molecule has 2 N–H and O–H groups in total. The largest absolute Gasteiger partial charge is 0.448 e. The summed E-state index contributed by atoms with van der Waals surface area (Å²) < 4.78 is 20.3. The number of β-lactam (4-membered cyclic amide) rings is 1. The maximum atomic E-state index is 14.1. The number of anilines is 1. The van der Waals surface area contributed by atoms with Gasteiger partial charge in [0, 0.05) is 9.81 Å². The van der Waals surface area contributed by atoms with Crippen LogP contribution in [0.1, 0.15) is 39.6 Å². The van der Waals surface area contributed by atoms with Gasteiger partial charge in [0.25, 0.3) is 11.8 Å². The zero-order valence-corrected chi connectivity index (χ0v) is 35.9. The van der Waals surface area contributed by atoms with E-state index in [1.54, 1.807) is 5.38 Å². The Labute approximate surface area is 367 Å². The number of hydrogen-bond donors (Lipinski definition) is 2. The summed E-state index contributed by atoms with van der Waals surface area (Å²) in [5.74, 6) is -2.05. The molecule has 11 nitrogen and oxygen atoms in total. The third-order valence-corrected chi connectivity index (χ3v) is 13.7. The van der Waals surface area contributed by atoms with Crippen LogP contribution in [0.15, 0.2) is 173 Å². The molecule has 0 saturated carbocycles. The van der Waals surface area contributed by atoms with Crippen molar-refractivity contribution >= 4 is 73.4 Å². The molecular weight excluding hydrogens is 910 g/mol. The van der Waals surface area contributed by atoms with E-state index < -0.39 is 51.6 Å². The van der Waals surface area contributed by atoms with Gasteiger partial charge in [0.15, 0.2) is 16.9 Å². The van der Waals surface area contributed by atoms with Gasteiger partial charge in [-0.1, -0.05) is 179 Å². The van der Waals surface area contributed by atoms with Crippen LogP contribution in [0, 0.1) is 0 Å². The minimum Gasteiger partial charge on any atom is -0.448 e. The molecule has 5 aromatic carbocycles. The fraction of sp³-hybridized carbons (Fsp3) is 0.152. The highest BCUT2D eigenvalue weighted by Gasteiger charge is 2.57. The van der Waals surface area contributed by atoms with E-state index in [-0.39, 0.29) is 22.9 Å². The zero-order valence-electron chi connectivity index (χ0n) is 32.1. The van der Waals surface area contributed by atoms with Gasteiger partial charge in [-0.15, -0.1) is 11.3 Å². The number of carbonyl (C=O) groups is 3. The van der Waals surface area contributed by atoms with E-state index in [9.17, 15) is 18.6 Å². The van der Waals surface area contributed by atoms with E-state index in [0.29, 0.717) is 15.1 Å². The molecule has 0 aliphatic carbocycles. The van der Waals surface area contributed by atoms with Crippen molar-refractivity contribution in [1.29, 1.82) is 0 Å². The predicted octanol–water partition coefficient (Wildman–Crippen LogP) is 7.33.